The van der Waals surface area contributed by atoms with Crippen molar-refractivity contribution in [2.75, 3.05) is 13.3 Å². The molecule has 0 N–H and O–H groups in total. The van der Waals surface area contributed by atoms with Crippen LogP contribution in [0.2, 0.25) is 0 Å². The Labute approximate surface area is 163 Å². The number of hydrogen-bond acceptors (Lipinski definition) is 5. The summed E-state index contributed by atoms with van der Waals surface area (Å²) in [5.41, 5.74) is 0.0670. The van der Waals surface area contributed by atoms with Crippen LogP contribution in [0.15, 0.2) is 47.0 Å². The van der Waals surface area contributed by atoms with Gasteiger partial charge in [0.25, 0.3) is 5.89 Å². The molecule has 0 saturated heterocycles. The number of benzene rings is 2. The van der Waals surface area contributed by atoms with Crippen LogP contribution in [0.1, 0.15) is 29.3 Å². The number of ketones is 1. The van der Waals surface area contributed by atoms with E-state index in [1.165, 1.54) is 6.07 Å². The van der Waals surface area contributed by atoms with Gasteiger partial charge in [-0.1, -0.05) is 36.3 Å². The summed E-state index contributed by atoms with van der Waals surface area (Å²) in [5.74, 6) is -0.437. The molecule has 1 aromatic heterocycles. The van der Waals surface area contributed by atoms with Crippen molar-refractivity contribution in [3.8, 4) is 28.6 Å². The summed E-state index contributed by atoms with van der Waals surface area (Å²) in [4.78, 5) is 15.8. The molecule has 0 radical (unpaired) electrons. The number of carbonyl (C=O) groups excluding carboxylic acids is 1. The molecule has 9 heteroatoms. The number of Topliss-reactive ketones (excluding diaryl/α,β-unsaturated/α-hetero) is 1. The second kappa shape index (κ2) is 8.42. The normalized spacial score (nSPS) is 11.5. The lowest BCUT2D eigenvalue weighted by Crippen LogP contribution is -2.10. The first kappa shape index (κ1) is 20.5. The molecule has 2 aromatic carbocycles. The van der Waals surface area contributed by atoms with E-state index in [-0.39, 0.29) is 23.1 Å². The molecule has 0 spiro atoms. The summed E-state index contributed by atoms with van der Waals surface area (Å²) in [6, 6.07) is 9.73. The van der Waals surface area contributed by atoms with Crippen LogP contribution < -0.4 is 4.74 Å². The van der Waals surface area contributed by atoms with Crippen LogP contribution in [-0.4, -0.2) is 29.2 Å². The molecule has 0 amide bonds. The molecule has 0 aliphatic carbocycles. The molecule has 0 aliphatic heterocycles. The molecule has 1 heterocycles. The molecule has 29 heavy (non-hydrogen) atoms. The number of ether oxygens (including phenoxy) is 1. The second-order valence-corrected chi connectivity index (χ2v) is 6.02. The SMILES string of the molecule is CCC(=O)c1ccc(-c2noc(-c3ccc(OCCF)c(C(F)(F)F)c3)n2)cc1. The largest absolute Gasteiger partial charge is 0.490 e. The molecular weight excluding hydrogens is 392 g/mol. The van der Waals surface area contributed by atoms with E-state index in [9.17, 15) is 22.4 Å². The third-order valence-corrected chi connectivity index (χ3v) is 4.08. The summed E-state index contributed by atoms with van der Waals surface area (Å²) in [6.07, 6.45) is -4.33. The van der Waals surface area contributed by atoms with Gasteiger partial charge in [0, 0.05) is 23.1 Å². The van der Waals surface area contributed by atoms with Gasteiger partial charge in [0.15, 0.2) is 5.78 Å². The van der Waals surface area contributed by atoms with Crippen molar-refractivity contribution in [1.82, 2.24) is 10.1 Å². The predicted octanol–water partition coefficient (Wildman–Crippen LogP) is 5.36. The van der Waals surface area contributed by atoms with Gasteiger partial charge in [0.2, 0.25) is 5.82 Å². The number of halogens is 4. The van der Waals surface area contributed by atoms with Gasteiger partial charge in [-0.2, -0.15) is 18.2 Å². The molecule has 0 unspecified atom stereocenters. The highest BCUT2D eigenvalue weighted by molar-refractivity contribution is 5.96. The lowest BCUT2D eigenvalue weighted by Gasteiger charge is -2.13. The summed E-state index contributed by atoms with van der Waals surface area (Å²) < 4.78 is 62.1. The molecule has 0 fully saturated rings. The Balaban J connectivity index is 1.90. The van der Waals surface area contributed by atoms with Crippen LogP contribution in [0, 0.1) is 0 Å². The molecule has 0 atom stereocenters. The van der Waals surface area contributed by atoms with Gasteiger partial charge >= 0.3 is 6.18 Å². The fourth-order valence-corrected chi connectivity index (χ4v) is 2.63. The van der Waals surface area contributed by atoms with Gasteiger partial charge in [0.05, 0.1) is 5.56 Å². The zero-order valence-electron chi connectivity index (χ0n) is 15.3. The topological polar surface area (TPSA) is 65.2 Å². The monoisotopic (exact) mass is 408 g/mol. The van der Waals surface area contributed by atoms with Crippen molar-refractivity contribution in [2.24, 2.45) is 0 Å². The second-order valence-electron chi connectivity index (χ2n) is 6.02. The average molecular weight is 408 g/mol. The van der Waals surface area contributed by atoms with Crippen LogP contribution in [-0.2, 0) is 6.18 Å². The van der Waals surface area contributed by atoms with Crippen LogP contribution in [0.5, 0.6) is 5.75 Å². The Morgan fingerprint density at radius 1 is 1.10 bits per heavy atom. The summed E-state index contributed by atoms with van der Waals surface area (Å²) in [7, 11) is 0. The highest BCUT2D eigenvalue weighted by Crippen LogP contribution is 2.38. The number of alkyl halides is 4. The van der Waals surface area contributed by atoms with Crippen LogP contribution in [0.4, 0.5) is 17.6 Å². The number of rotatable bonds is 7. The highest BCUT2D eigenvalue weighted by Gasteiger charge is 2.35. The first-order valence-electron chi connectivity index (χ1n) is 8.71. The standard InChI is InChI=1S/C20H16F4N2O3/c1-2-16(27)12-3-5-13(6-4-12)18-25-19(29-26-18)14-7-8-17(28-10-9-21)15(11-14)20(22,23)24/h3-8,11H,2,9-10H2,1H3. The minimum atomic E-state index is -4.70. The van der Waals surface area contributed by atoms with Crippen LogP contribution in [0.25, 0.3) is 22.8 Å². The Bertz CT molecular complexity index is 998. The molecule has 3 rings (SSSR count). The average Bonchev–Trinajstić information content (AvgIpc) is 3.21. The van der Waals surface area contributed by atoms with Crippen molar-refractivity contribution in [2.45, 2.75) is 19.5 Å². The number of aromatic nitrogens is 2. The van der Waals surface area contributed by atoms with Gasteiger partial charge in [-0.15, -0.1) is 0 Å². The summed E-state index contributed by atoms with van der Waals surface area (Å²) in [5, 5.41) is 3.79. The number of carbonyl (C=O) groups is 1. The Hall–Kier alpha value is -3.23. The fourth-order valence-electron chi connectivity index (χ4n) is 2.63. The molecule has 3 aromatic rings. The van der Waals surface area contributed by atoms with E-state index >= 15 is 0 Å². The lowest BCUT2D eigenvalue weighted by molar-refractivity contribution is -0.138. The highest BCUT2D eigenvalue weighted by atomic mass is 19.4. The predicted molar refractivity (Wildman–Crippen MR) is 96.3 cm³/mol. The lowest BCUT2D eigenvalue weighted by atomic mass is 10.1. The Morgan fingerprint density at radius 2 is 1.79 bits per heavy atom. The molecule has 5 nitrogen and oxygen atoms in total. The van der Waals surface area contributed by atoms with E-state index in [4.69, 9.17) is 9.26 Å². The first-order chi connectivity index (χ1) is 13.8. The Morgan fingerprint density at radius 3 is 2.41 bits per heavy atom. The van der Waals surface area contributed by atoms with E-state index in [0.717, 1.165) is 12.1 Å². The van der Waals surface area contributed by atoms with E-state index in [2.05, 4.69) is 10.1 Å². The van der Waals surface area contributed by atoms with Gasteiger partial charge in [-0.3, -0.25) is 4.79 Å². The van der Waals surface area contributed by atoms with E-state index < -0.39 is 30.8 Å². The Kier molecular flexibility index (Phi) is 5.95. The smallest absolute Gasteiger partial charge is 0.419 e. The molecule has 0 saturated carbocycles. The number of nitrogens with zero attached hydrogens (tertiary/aromatic N) is 2. The first-order valence-corrected chi connectivity index (χ1v) is 8.71. The molecular formula is C20H16F4N2O3. The van der Waals surface area contributed by atoms with Gasteiger partial charge in [0.1, 0.15) is 19.0 Å². The fraction of sp³-hybridized carbons (Fsp3) is 0.250. The minimum Gasteiger partial charge on any atom is -0.490 e. The van der Waals surface area contributed by atoms with E-state index in [1.54, 1.807) is 31.2 Å². The third-order valence-electron chi connectivity index (χ3n) is 4.08. The zero-order chi connectivity index (χ0) is 21.0. The van der Waals surface area contributed by atoms with Gasteiger partial charge in [-0.25, -0.2) is 4.39 Å². The van der Waals surface area contributed by atoms with Crippen molar-refractivity contribution in [1.29, 1.82) is 0 Å². The van der Waals surface area contributed by atoms with Gasteiger partial charge in [-0.05, 0) is 18.2 Å². The summed E-state index contributed by atoms with van der Waals surface area (Å²) >= 11 is 0. The third kappa shape index (κ3) is 4.61. The van der Waals surface area contributed by atoms with E-state index in [1.807, 2.05) is 0 Å². The van der Waals surface area contributed by atoms with Crippen LogP contribution >= 0.6 is 0 Å². The van der Waals surface area contributed by atoms with Crippen molar-refractivity contribution >= 4 is 5.78 Å². The molecule has 0 bridgehead atoms. The molecule has 152 valence electrons. The maximum Gasteiger partial charge on any atom is 0.419 e. The maximum absolute atomic E-state index is 13.3. The van der Waals surface area contributed by atoms with Crippen LogP contribution in [0.3, 0.4) is 0 Å². The summed E-state index contributed by atoms with van der Waals surface area (Å²) in [6.45, 7) is 0.364. The van der Waals surface area contributed by atoms with Crippen molar-refractivity contribution in [3.63, 3.8) is 0 Å². The molecule has 0 aliphatic rings. The zero-order valence-corrected chi connectivity index (χ0v) is 15.3. The van der Waals surface area contributed by atoms with Gasteiger partial charge < -0.3 is 9.26 Å². The van der Waals surface area contributed by atoms with E-state index in [0.29, 0.717) is 17.5 Å². The quantitative estimate of drug-likeness (QED) is 0.389. The van der Waals surface area contributed by atoms with Crippen molar-refractivity contribution < 1.29 is 31.6 Å². The number of hydrogen-bond donors (Lipinski definition) is 0. The minimum absolute atomic E-state index is 0.0138. The maximum atomic E-state index is 13.3. The van der Waals surface area contributed by atoms with Crippen molar-refractivity contribution in [3.05, 3.63) is 53.6 Å².